The molecule has 0 aromatic rings. The van der Waals surface area contributed by atoms with Crippen molar-refractivity contribution in [2.45, 2.75) is 108 Å². The van der Waals surface area contributed by atoms with E-state index in [4.69, 9.17) is 9.47 Å². The van der Waals surface area contributed by atoms with Crippen LogP contribution in [0.25, 0.3) is 0 Å². The predicted molar refractivity (Wildman–Crippen MR) is 146 cm³/mol. The van der Waals surface area contributed by atoms with Crippen LogP contribution in [0.2, 0.25) is 0 Å². The van der Waals surface area contributed by atoms with Crippen molar-refractivity contribution in [3.63, 3.8) is 0 Å². The Labute approximate surface area is 228 Å². The number of rotatable bonds is 17. The van der Waals surface area contributed by atoms with E-state index in [-0.39, 0.29) is 31.1 Å². The molecule has 3 heterocycles. The maximum absolute atomic E-state index is 14.4. The molecule has 0 saturated carbocycles. The van der Waals surface area contributed by atoms with Crippen LogP contribution in [0.1, 0.15) is 85.0 Å². The Balaban J connectivity index is 2.00. The highest BCUT2D eigenvalue weighted by atomic mass is 16.6. The fourth-order valence-corrected chi connectivity index (χ4v) is 7.01. The minimum Gasteiger partial charge on any atom is -0.465 e. The van der Waals surface area contributed by atoms with Crippen molar-refractivity contribution >= 4 is 17.8 Å². The lowest BCUT2D eigenvalue weighted by Gasteiger charge is -2.39. The number of fused-ring (bicyclic) bond motifs is 1. The van der Waals surface area contributed by atoms with Crippen LogP contribution in [-0.2, 0) is 23.9 Å². The van der Waals surface area contributed by atoms with Gasteiger partial charge in [-0.2, -0.15) is 0 Å². The lowest BCUT2D eigenvalue weighted by molar-refractivity contribution is -0.162. The van der Waals surface area contributed by atoms with Crippen molar-refractivity contribution in [1.29, 1.82) is 0 Å². The standard InChI is InChI=1S/C30H48N2O6/c1-6-10-14-21-37-28(36)24-23-26(34)32(19-12-11-13-20-33)25(30(23)17-16-29(24,9-4)38-30)27(35)31(18-8-3)22(5)15-7-2/h6,8,22-25,33H,1,3,7,9-21H2,2,4-5H3/t22?,23-,24-,25?,29+,30?/m0/s1. The normalized spacial score (nSPS) is 30.3. The second-order valence-corrected chi connectivity index (χ2v) is 11.2. The number of carbonyl (C=O) groups is 3. The topological polar surface area (TPSA) is 96.4 Å². The van der Waals surface area contributed by atoms with E-state index in [9.17, 15) is 19.5 Å². The highest BCUT2D eigenvalue weighted by molar-refractivity contribution is 5.98. The third kappa shape index (κ3) is 5.44. The van der Waals surface area contributed by atoms with Crippen LogP contribution in [0, 0.1) is 11.8 Å². The molecule has 0 radical (unpaired) electrons. The van der Waals surface area contributed by atoms with Crippen LogP contribution in [0.15, 0.2) is 25.3 Å². The molecule has 1 N–H and O–H groups in total. The van der Waals surface area contributed by atoms with Crippen LogP contribution in [0.5, 0.6) is 0 Å². The molecule has 3 unspecified atom stereocenters. The van der Waals surface area contributed by atoms with Crippen LogP contribution >= 0.6 is 0 Å². The number of esters is 1. The maximum atomic E-state index is 14.4. The van der Waals surface area contributed by atoms with Gasteiger partial charge in [-0.25, -0.2) is 0 Å². The predicted octanol–water partition coefficient (Wildman–Crippen LogP) is 4.02. The van der Waals surface area contributed by atoms with Crippen LogP contribution < -0.4 is 0 Å². The monoisotopic (exact) mass is 532 g/mol. The number of ether oxygens (including phenoxy) is 2. The van der Waals surface area contributed by atoms with Crippen LogP contribution in [0.3, 0.4) is 0 Å². The molecule has 0 aliphatic carbocycles. The zero-order valence-corrected chi connectivity index (χ0v) is 23.7. The molecular weight excluding hydrogens is 484 g/mol. The van der Waals surface area contributed by atoms with E-state index in [0.29, 0.717) is 51.6 Å². The highest BCUT2D eigenvalue weighted by Crippen LogP contribution is 2.64. The van der Waals surface area contributed by atoms with Crippen molar-refractivity contribution in [3.8, 4) is 0 Å². The van der Waals surface area contributed by atoms with E-state index in [2.05, 4.69) is 20.1 Å². The maximum Gasteiger partial charge on any atom is 0.312 e. The van der Waals surface area contributed by atoms with Crippen molar-refractivity contribution in [3.05, 3.63) is 25.3 Å². The second kappa shape index (κ2) is 13.2. The molecule has 3 aliphatic rings. The first-order valence-electron chi connectivity index (χ1n) is 14.6. The number of hydrogen-bond donors (Lipinski definition) is 1. The van der Waals surface area contributed by atoms with Gasteiger partial charge in [-0.15, -0.1) is 13.2 Å². The average Bonchev–Trinajstić information content (AvgIpc) is 3.51. The van der Waals surface area contributed by atoms with E-state index < -0.39 is 35.0 Å². The molecule has 6 atom stereocenters. The lowest BCUT2D eigenvalue weighted by Crippen LogP contribution is -2.58. The van der Waals surface area contributed by atoms with Crippen LogP contribution in [-0.4, -0.2) is 82.3 Å². The van der Waals surface area contributed by atoms with Gasteiger partial charge < -0.3 is 24.4 Å². The zero-order valence-electron chi connectivity index (χ0n) is 23.7. The fourth-order valence-electron chi connectivity index (χ4n) is 7.01. The van der Waals surface area contributed by atoms with E-state index in [1.54, 1.807) is 17.1 Å². The van der Waals surface area contributed by atoms with Gasteiger partial charge in [0.25, 0.3) is 0 Å². The summed E-state index contributed by atoms with van der Waals surface area (Å²) in [6.07, 6.45) is 10.5. The Bertz CT molecular complexity index is 877. The zero-order chi connectivity index (χ0) is 27.9. The quantitative estimate of drug-likeness (QED) is 0.173. The third-order valence-electron chi connectivity index (χ3n) is 8.87. The number of carbonyl (C=O) groups excluding carboxylic acids is 3. The molecule has 0 aromatic carbocycles. The first-order chi connectivity index (χ1) is 18.3. The SMILES string of the molecule is C=CCCCOC(=O)[C@@H]1[C@H]2C(=O)N(CCCCCO)C(C(=O)N(CC=C)C(C)CCC)C23CC[C@@]1(CC)O3. The molecule has 0 aromatic heterocycles. The van der Waals surface area contributed by atoms with Gasteiger partial charge in [0.1, 0.15) is 17.6 Å². The molecule has 3 fully saturated rings. The number of likely N-dealkylation sites (tertiary alicyclic amines) is 1. The highest BCUT2D eigenvalue weighted by Gasteiger charge is 2.79. The van der Waals surface area contributed by atoms with Gasteiger partial charge in [0.15, 0.2) is 0 Å². The summed E-state index contributed by atoms with van der Waals surface area (Å²) in [6.45, 7) is 14.8. The molecule has 214 valence electrons. The number of aliphatic hydroxyl groups excluding tert-OH is 1. The number of hydrogen-bond acceptors (Lipinski definition) is 6. The van der Waals surface area contributed by atoms with Crippen molar-refractivity contribution < 1.29 is 29.0 Å². The molecule has 3 aliphatic heterocycles. The van der Waals surface area contributed by atoms with Gasteiger partial charge in [-0.1, -0.05) is 32.4 Å². The second-order valence-electron chi connectivity index (χ2n) is 11.2. The summed E-state index contributed by atoms with van der Waals surface area (Å²) >= 11 is 0. The van der Waals surface area contributed by atoms with Crippen LogP contribution in [0.4, 0.5) is 0 Å². The number of nitrogens with zero attached hydrogens (tertiary/aromatic N) is 2. The number of allylic oxidation sites excluding steroid dienone is 1. The summed E-state index contributed by atoms with van der Waals surface area (Å²) in [4.78, 5) is 45.6. The Morgan fingerprint density at radius 3 is 2.61 bits per heavy atom. The van der Waals surface area contributed by atoms with Gasteiger partial charge in [0, 0.05) is 25.7 Å². The van der Waals surface area contributed by atoms with Gasteiger partial charge in [-0.3, -0.25) is 14.4 Å². The average molecular weight is 533 g/mol. The molecule has 2 bridgehead atoms. The number of aliphatic hydroxyl groups is 1. The Morgan fingerprint density at radius 2 is 1.97 bits per heavy atom. The Morgan fingerprint density at radius 1 is 1.21 bits per heavy atom. The van der Waals surface area contributed by atoms with E-state index in [0.717, 1.165) is 25.7 Å². The molecule has 3 saturated heterocycles. The van der Waals surface area contributed by atoms with E-state index >= 15 is 0 Å². The number of unbranched alkanes of at least 4 members (excludes halogenated alkanes) is 3. The fraction of sp³-hybridized carbons (Fsp3) is 0.767. The summed E-state index contributed by atoms with van der Waals surface area (Å²) in [7, 11) is 0. The van der Waals surface area contributed by atoms with Gasteiger partial charge in [0.05, 0.1) is 18.1 Å². The largest absolute Gasteiger partial charge is 0.465 e. The molecule has 1 spiro atoms. The first kappa shape index (κ1) is 30.4. The Hall–Kier alpha value is -2.19. The van der Waals surface area contributed by atoms with Gasteiger partial charge >= 0.3 is 5.97 Å². The van der Waals surface area contributed by atoms with Crippen molar-refractivity contribution in [2.75, 3.05) is 26.3 Å². The molecule has 8 nitrogen and oxygen atoms in total. The third-order valence-corrected chi connectivity index (χ3v) is 8.87. The smallest absolute Gasteiger partial charge is 0.312 e. The summed E-state index contributed by atoms with van der Waals surface area (Å²) in [5, 5.41) is 9.24. The molecule has 2 amide bonds. The van der Waals surface area contributed by atoms with Gasteiger partial charge in [-0.05, 0) is 64.7 Å². The Kier molecular flexibility index (Phi) is 10.6. The van der Waals surface area contributed by atoms with Gasteiger partial charge in [0.2, 0.25) is 11.8 Å². The lowest BCUT2D eigenvalue weighted by atomic mass is 9.65. The van der Waals surface area contributed by atoms with Crippen molar-refractivity contribution in [1.82, 2.24) is 9.80 Å². The summed E-state index contributed by atoms with van der Waals surface area (Å²) in [5.74, 6) is -2.17. The first-order valence-corrected chi connectivity index (χ1v) is 14.6. The molecule has 38 heavy (non-hydrogen) atoms. The van der Waals surface area contributed by atoms with E-state index in [1.807, 2.05) is 18.7 Å². The summed E-state index contributed by atoms with van der Waals surface area (Å²) in [6, 6.07) is -0.808. The molecular formula is C30H48N2O6. The summed E-state index contributed by atoms with van der Waals surface area (Å²) in [5.41, 5.74) is -1.84. The molecule has 8 heteroatoms. The molecule has 3 rings (SSSR count). The minimum absolute atomic E-state index is 0.0170. The number of amides is 2. The van der Waals surface area contributed by atoms with Crippen molar-refractivity contribution in [2.24, 2.45) is 11.8 Å². The van der Waals surface area contributed by atoms with E-state index in [1.165, 1.54) is 0 Å². The minimum atomic E-state index is -1.04. The summed E-state index contributed by atoms with van der Waals surface area (Å²) < 4.78 is 12.5.